The lowest BCUT2D eigenvalue weighted by molar-refractivity contribution is 0.0171. The van der Waals surface area contributed by atoms with E-state index in [1.54, 1.807) is 0 Å². The summed E-state index contributed by atoms with van der Waals surface area (Å²) in [5, 5.41) is 0. The first-order valence-electron chi connectivity index (χ1n) is 3.07. The summed E-state index contributed by atoms with van der Waals surface area (Å²) in [6, 6.07) is 2.19. The van der Waals surface area contributed by atoms with Gasteiger partial charge < -0.3 is 4.98 Å². The Morgan fingerprint density at radius 2 is 2.09 bits per heavy atom. The second-order valence-corrected chi connectivity index (χ2v) is 2.33. The van der Waals surface area contributed by atoms with Crippen LogP contribution in [0.15, 0.2) is 23.1 Å². The van der Waals surface area contributed by atoms with Crippen molar-refractivity contribution in [2.45, 2.75) is 12.8 Å². The van der Waals surface area contributed by atoms with Crippen molar-refractivity contribution in [2.75, 3.05) is 0 Å². The van der Waals surface area contributed by atoms with Crippen molar-refractivity contribution >= 4 is 0 Å². The van der Waals surface area contributed by atoms with Crippen molar-refractivity contribution in [1.82, 2.24) is 4.98 Å². The lowest BCUT2D eigenvalue weighted by atomic mass is 10.2. The van der Waals surface area contributed by atoms with Crippen LogP contribution in [0.5, 0.6) is 0 Å². The highest BCUT2D eigenvalue weighted by molar-refractivity contribution is 5.13. The number of aromatic amines is 1. The first kappa shape index (κ1) is 7.91. The average Bonchev–Trinajstić information content (AvgIpc) is 1.86. The van der Waals surface area contributed by atoms with Crippen molar-refractivity contribution < 1.29 is 8.78 Å². The molecule has 60 valence electrons. The Bertz CT molecular complexity index is 280. The van der Waals surface area contributed by atoms with Crippen LogP contribution >= 0.6 is 0 Å². The molecule has 0 unspecified atom stereocenters. The van der Waals surface area contributed by atoms with Gasteiger partial charge in [0.15, 0.2) is 0 Å². The second kappa shape index (κ2) is 2.45. The van der Waals surface area contributed by atoms with Crippen molar-refractivity contribution in [2.24, 2.45) is 0 Å². The Kier molecular flexibility index (Phi) is 1.76. The molecule has 1 rings (SSSR count). The molecule has 0 saturated heterocycles. The van der Waals surface area contributed by atoms with Gasteiger partial charge >= 0.3 is 0 Å². The van der Waals surface area contributed by atoms with Crippen molar-refractivity contribution in [3.63, 3.8) is 0 Å². The third-order valence-corrected chi connectivity index (χ3v) is 1.29. The predicted octanol–water partition coefficient (Wildman–Crippen LogP) is 1.49. The van der Waals surface area contributed by atoms with Gasteiger partial charge in [-0.25, -0.2) is 8.78 Å². The fourth-order valence-electron chi connectivity index (χ4n) is 0.684. The molecule has 0 bridgehead atoms. The highest BCUT2D eigenvalue weighted by Gasteiger charge is 2.23. The zero-order valence-electron chi connectivity index (χ0n) is 5.90. The summed E-state index contributed by atoms with van der Waals surface area (Å²) >= 11 is 0. The van der Waals surface area contributed by atoms with Gasteiger partial charge in [-0.1, -0.05) is 0 Å². The second-order valence-electron chi connectivity index (χ2n) is 2.33. The van der Waals surface area contributed by atoms with E-state index in [4.69, 9.17) is 0 Å². The Labute approximate surface area is 61.9 Å². The third-order valence-electron chi connectivity index (χ3n) is 1.29. The van der Waals surface area contributed by atoms with Crippen LogP contribution in [0.2, 0.25) is 0 Å². The first-order chi connectivity index (χ1) is 5.00. The highest BCUT2D eigenvalue weighted by atomic mass is 19.3. The molecule has 11 heavy (non-hydrogen) atoms. The molecule has 0 spiro atoms. The highest BCUT2D eigenvalue weighted by Crippen LogP contribution is 2.24. The summed E-state index contributed by atoms with van der Waals surface area (Å²) in [7, 11) is 0. The lowest BCUT2D eigenvalue weighted by Gasteiger charge is -2.08. The van der Waals surface area contributed by atoms with Gasteiger partial charge in [-0.3, -0.25) is 4.79 Å². The maximum atomic E-state index is 12.5. The molecular formula is C7H7F2NO. The normalized spacial score (nSPS) is 11.5. The summed E-state index contributed by atoms with van der Waals surface area (Å²) in [5.74, 6) is -2.88. The van der Waals surface area contributed by atoms with Crippen LogP contribution in [0.25, 0.3) is 0 Å². The van der Waals surface area contributed by atoms with Crippen molar-refractivity contribution in [3.05, 3.63) is 34.2 Å². The van der Waals surface area contributed by atoms with Gasteiger partial charge in [0.1, 0.15) is 0 Å². The van der Waals surface area contributed by atoms with Gasteiger partial charge in [-0.2, -0.15) is 0 Å². The van der Waals surface area contributed by atoms with E-state index in [2.05, 4.69) is 4.98 Å². The van der Waals surface area contributed by atoms with Gasteiger partial charge in [0, 0.05) is 24.8 Å². The van der Waals surface area contributed by atoms with Gasteiger partial charge in [0.25, 0.3) is 5.92 Å². The molecule has 0 aromatic carbocycles. The van der Waals surface area contributed by atoms with Crippen molar-refractivity contribution in [1.29, 1.82) is 0 Å². The number of halogens is 2. The van der Waals surface area contributed by atoms with Gasteiger partial charge in [0.2, 0.25) is 5.56 Å². The number of hydrogen-bond acceptors (Lipinski definition) is 1. The van der Waals surface area contributed by atoms with Gasteiger partial charge in [-0.15, -0.1) is 0 Å². The summed E-state index contributed by atoms with van der Waals surface area (Å²) in [5.41, 5.74) is -0.560. The molecular weight excluding hydrogens is 152 g/mol. The number of nitrogens with one attached hydrogen (secondary N) is 1. The minimum Gasteiger partial charge on any atom is -0.329 e. The Morgan fingerprint density at radius 3 is 2.45 bits per heavy atom. The Morgan fingerprint density at radius 1 is 1.45 bits per heavy atom. The molecule has 1 aromatic heterocycles. The van der Waals surface area contributed by atoms with Crippen LogP contribution < -0.4 is 5.56 Å². The van der Waals surface area contributed by atoms with Crippen molar-refractivity contribution in [3.8, 4) is 0 Å². The van der Waals surface area contributed by atoms with Crippen LogP contribution in [0.1, 0.15) is 12.5 Å². The molecule has 2 nitrogen and oxygen atoms in total. The maximum absolute atomic E-state index is 12.5. The number of H-pyrrole nitrogens is 1. The van der Waals surface area contributed by atoms with E-state index >= 15 is 0 Å². The molecule has 4 heteroatoms. The Hall–Kier alpha value is -1.19. The van der Waals surface area contributed by atoms with E-state index in [0.717, 1.165) is 25.3 Å². The predicted molar refractivity (Wildman–Crippen MR) is 36.6 cm³/mol. The minimum atomic E-state index is -2.88. The fraction of sp³-hybridized carbons (Fsp3) is 0.286. The molecule has 0 saturated carbocycles. The quantitative estimate of drug-likeness (QED) is 0.661. The molecule has 1 heterocycles. The topological polar surface area (TPSA) is 32.9 Å². The molecule has 1 N–H and O–H groups in total. The van der Waals surface area contributed by atoms with Crippen LogP contribution in [0, 0.1) is 0 Å². The molecule has 0 fully saturated rings. The zero-order valence-corrected chi connectivity index (χ0v) is 5.90. The molecule has 0 amide bonds. The number of pyridine rings is 1. The largest absolute Gasteiger partial charge is 0.329 e. The van der Waals surface area contributed by atoms with Crippen LogP contribution in [0.3, 0.4) is 0 Å². The molecule has 0 radical (unpaired) electrons. The number of rotatable bonds is 1. The number of aromatic nitrogens is 1. The van der Waals surface area contributed by atoms with E-state index < -0.39 is 5.92 Å². The summed E-state index contributed by atoms with van der Waals surface area (Å²) in [6.45, 7) is 0.778. The summed E-state index contributed by atoms with van der Waals surface area (Å²) in [6.07, 6.45) is 1.02. The summed E-state index contributed by atoms with van der Waals surface area (Å²) in [4.78, 5) is 12.6. The smallest absolute Gasteiger partial charge is 0.271 e. The lowest BCUT2D eigenvalue weighted by Crippen LogP contribution is -2.11. The van der Waals surface area contributed by atoms with E-state index in [-0.39, 0.29) is 11.1 Å². The van der Waals surface area contributed by atoms with E-state index in [1.807, 2.05) is 0 Å². The van der Waals surface area contributed by atoms with E-state index in [9.17, 15) is 13.6 Å². The van der Waals surface area contributed by atoms with Crippen LogP contribution in [0.4, 0.5) is 8.78 Å². The standard InChI is InChI=1S/C7H7F2NO/c1-7(8,9)5-2-3-6(11)10-4-5/h2-4H,1H3,(H,10,11). The van der Waals surface area contributed by atoms with E-state index in [0.29, 0.717) is 0 Å². The van der Waals surface area contributed by atoms with Crippen LogP contribution in [-0.2, 0) is 5.92 Å². The maximum Gasteiger partial charge on any atom is 0.271 e. The first-order valence-corrected chi connectivity index (χ1v) is 3.07. The Balaban J connectivity index is 3.09. The average molecular weight is 159 g/mol. The molecule has 1 aromatic rings. The number of hydrogen-bond donors (Lipinski definition) is 1. The molecule has 0 atom stereocenters. The third kappa shape index (κ3) is 1.86. The molecule has 0 aliphatic rings. The molecule has 0 aliphatic heterocycles. The van der Waals surface area contributed by atoms with Gasteiger partial charge in [-0.05, 0) is 6.07 Å². The fourth-order valence-corrected chi connectivity index (χ4v) is 0.684. The van der Waals surface area contributed by atoms with E-state index in [1.165, 1.54) is 0 Å². The zero-order chi connectivity index (χ0) is 8.48. The van der Waals surface area contributed by atoms with Crippen LogP contribution in [-0.4, -0.2) is 4.98 Å². The minimum absolute atomic E-state index is 0.183. The molecule has 0 aliphatic carbocycles. The number of alkyl halides is 2. The summed E-state index contributed by atoms with van der Waals surface area (Å²) < 4.78 is 24.9. The monoisotopic (exact) mass is 159 g/mol. The SMILES string of the molecule is CC(F)(F)c1ccc(=O)[nH]c1. The van der Waals surface area contributed by atoms with Gasteiger partial charge in [0.05, 0.1) is 0 Å².